The topological polar surface area (TPSA) is 46.2 Å². The fourth-order valence-electron chi connectivity index (χ4n) is 1.95. The van der Waals surface area contributed by atoms with Crippen molar-refractivity contribution in [2.24, 2.45) is 5.92 Å². The molecule has 0 bridgehead atoms. The molecule has 17 heavy (non-hydrogen) atoms. The van der Waals surface area contributed by atoms with Crippen LogP contribution in [0.1, 0.15) is 12.8 Å². The average molecular weight is 318 g/mol. The van der Waals surface area contributed by atoms with E-state index < -0.39 is 9.84 Å². The van der Waals surface area contributed by atoms with Crippen molar-refractivity contribution in [2.75, 3.05) is 12.8 Å². The van der Waals surface area contributed by atoms with Gasteiger partial charge in [0.1, 0.15) is 0 Å². The highest BCUT2D eigenvalue weighted by Crippen LogP contribution is 2.33. The SMILES string of the molecule is CNC(CS(=O)(=O)c1cccc(Br)c1)C1CC1. The molecule has 3 nitrogen and oxygen atoms in total. The summed E-state index contributed by atoms with van der Waals surface area (Å²) in [6, 6.07) is 6.98. The van der Waals surface area contributed by atoms with Crippen LogP contribution < -0.4 is 5.32 Å². The zero-order chi connectivity index (χ0) is 12.5. The van der Waals surface area contributed by atoms with Gasteiger partial charge >= 0.3 is 0 Å². The van der Waals surface area contributed by atoms with Crippen molar-refractivity contribution >= 4 is 25.8 Å². The minimum atomic E-state index is -3.19. The van der Waals surface area contributed by atoms with Gasteiger partial charge in [-0.1, -0.05) is 22.0 Å². The Balaban J connectivity index is 2.18. The Kier molecular flexibility index (Phi) is 3.90. The van der Waals surface area contributed by atoms with E-state index in [2.05, 4.69) is 21.2 Å². The van der Waals surface area contributed by atoms with E-state index in [1.54, 1.807) is 18.2 Å². The fraction of sp³-hybridized carbons (Fsp3) is 0.500. The number of sulfone groups is 1. The van der Waals surface area contributed by atoms with E-state index in [0.29, 0.717) is 10.8 Å². The Labute approximate surface area is 111 Å². The third kappa shape index (κ3) is 3.30. The van der Waals surface area contributed by atoms with Crippen molar-refractivity contribution in [2.45, 2.75) is 23.8 Å². The highest BCUT2D eigenvalue weighted by Gasteiger charge is 2.33. The van der Waals surface area contributed by atoms with Gasteiger partial charge in [-0.25, -0.2) is 8.42 Å². The van der Waals surface area contributed by atoms with Crippen molar-refractivity contribution in [1.29, 1.82) is 0 Å². The number of nitrogens with one attached hydrogen (secondary N) is 1. The van der Waals surface area contributed by atoms with Crippen molar-refractivity contribution in [3.05, 3.63) is 28.7 Å². The van der Waals surface area contributed by atoms with Crippen LogP contribution in [0.5, 0.6) is 0 Å². The number of halogens is 1. The third-order valence-electron chi connectivity index (χ3n) is 3.12. The summed E-state index contributed by atoms with van der Waals surface area (Å²) in [5.74, 6) is 0.715. The quantitative estimate of drug-likeness (QED) is 0.905. The first kappa shape index (κ1) is 13.1. The third-order valence-corrected chi connectivity index (χ3v) is 5.38. The first-order chi connectivity index (χ1) is 8.03. The Morgan fingerprint density at radius 2 is 2.18 bits per heavy atom. The Bertz CT molecular complexity index is 497. The summed E-state index contributed by atoms with van der Waals surface area (Å²) in [6.07, 6.45) is 2.28. The van der Waals surface area contributed by atoms with Gasteiger partial charge in [0, 0.05) is 10.5 Å². The van der Waals surface area contributed by atoms with E-state index in [-0.39, 0.29) is 11.8 Å². The van der Waals surface area contributed by atoms with Gasteiger partial charge in [0.2, 0.25) is 0 Å². The normalized spacial score (nSPS) is 18.0. The van der Waals surface area contributed by atoms with Gasteiger partial charge < -0.3 is 5.32 Å². The maximum Gasteiger partial charge on any atom is 0.179 e. The van der Waals surface area contributed by atoms with Crippen LogP contribution in [0.3, 0.4) is 0 Å². The molecular formula is C12H16BrNO2S. The van der Waals surface area contributed by atoms with E-state index in [1.807, 2.05) is 13.1 Å². The highest BCUT2D eigenvalue weighted by molar-refractivity contribution is 9.10. The van der Waals surface area contributed by atoms with Crippen molar-refractivity contribution in [3.63, 3.8) is 0 Å². The molecule has 1 N–H and O–H groups in total. The lowest BCUT2D eigenvalue weighted by atomic mass is 10.2. The van der Waals surface area contributed by atoms with Crippen LogP contribution in [0.25, 0.3) is 0 Å². The van der Waals surface area contributed by atoms with Crippen LogP contribution in [0.4, 0.5) is 0 Å². The van der Waals surface area contributed by atoms with Crippen LogP contribution in [-0.4, -0.2) is 27.3 Å². The van der Waals surface area contributed by atoms with Gasteiger partial charge in [-0.3, -0.25) is 0 Å². The monoisotopic (exact) mass is 317 g/mol. The van der Waals surface area contributed by atoms with Crippen molar-refractivity contribution in [1.82, 2.24) is 5.32 Å². The van der Waals surface area contributed by atoms with Gasteiger partial charge in [0.25, 0.3) is 0 Å². The molecule has 1 aliphatic rings. The molecule has 1 atom stereocenters. The summed E-state index contributed by atoms with van der Waals surface area (Å²) in [6.45, 7) is 0. The van der Waals surface area contributed by atoms with E-state index in [9.17, 15) is 8.42 Å². The standard InChI is InChI=1S/C12H16BrNO2S/c1-14-12(9-5-6-9)8-17(15,16)11-4-2-3-10(13)7-11/h2-4,7,9,12,14H,5-6,8H2,1H3. The van der Waals surface area contributed by atoms with Gasteiger partial charge in [-0.2, -0.15) is 0 Å². The summed E-state index contributed by atoms with van der Waals surface area (Å²) < 4.78 is 25.2. The largest absolute Gasteiger partial charge is 0.316 e. The molecule has 0 aliphatic heterocycles. The Morgan fingerprint density at radius 3 is 2.71 bits per heavy atom. The molecular weight excluding hydrogens is 302 g/mol. The zero-order valence-corrected chi connectivity index (χ0v) is 12.1. The second-order valence-electron chi connectivity index (χ2n) is 4.47. The number of benzene rings is 1. The molecule has 0 heterocycles. The molecule has 5 heteroatoms. The number of rotatable bonds is 5. The minimum absolute atomic E-state index is 0.0824. The average Bonchev–Trinajstić information content (AvgIpc) is 3.10. The van der Waals surface area contributed by atoms with E-state index in [1.165, 1.54) is 0 Å². The molecule has 0 aromatic heterocycles. The molecule has 1 fully saturated rings. The molecule has 1 aliphatic carbocycles. The second kappa shape index (κ2) is 5.08. The van der Waals surface area contributed by atoms with E-state index in [0.717, 1.165) is 17.3 Å². The number of hydrogen-bond donors (Lipinski definition) is 1. The highest BCUT2D eigenvalue weighted by atomic mass is 79.9. The predicted octanol–water partition coefficient (Wildman–Crippen LogP) is 2.22. The summed E-state index contributed by atoms with van der Waals surface area (Å²) >= 11 is 3.30. The zero-order valence-electron chi connectivity index (χ0n) is 9.69. The van der Waals surface area contributed by atoms with Crippen LogP contribution in [-0.2, 0) is 9.84 Å². The first-order valence-electron chi connectivity index (χ1n) is 5.68. The van der Waals surface area contributed by atoms with Gasteiger partial charge in [-0.05, 0) is 44.0 Å². The molecule has 1 aromatic carbocycles. The van der Waals surface area contributed by atoms with Crippen LogP contribution in [0.2, 0.25) is 0 Å². The van der Waals surface area contributed by atoms with Crippen LogP contribution in [0.15, 0.2) is 33.6 Å². The minimum Gasteiger partial charge on any atom is -0.316 e. The Hall–Kier alpha value is -0.390. The smallest absolute Gasteiger partial charge is 0.179 e. The molecule has 0 spiro atoms. The molecule has 0 saturated heterocycles. The maximum atomic E-state index is 12.2. The molecule has 2 rings (SSSR count). The van der Waals surface area contributed by atoms with E-state index in [4.69, 9.17) is 0 Å². The summed E-state index contributed by atoms with van der Waals surface area (Å²) in [4.78, 5) is 0.396. The number of hydrogen-bond acceptors (Lipinski definition) is 3. The van der Waals surface area contributed by atoms with Crippen molar-refractivity contribution < 1.29 is 8.42 Å². The lowest BCUT2D eigenvalue weighted by Gasteiger charge is -2.15. The molecule has 1 unspecified atom stereocenters. The second-order valence-corrected chi connectivity index (χ2v) is 7.42. The molecule has 1 saturated carbocycles. The summed E-state index contributed by atoms with van der Waals surface area (Å²) in [5, 5.41) is 3.11. The fourth-order valence-corrected chi connectivity index (χ4v) is 4.19. The first-order valence-corrected chi connectivity index (χ1v) is 8.13. The molecule has 0 radical (unpaired) electrons. The lowest BCUT2D eigenvalue weighted by Crippen LogP contribution is -2.34. The molecule has 94 valence electrons. The predicted molar refractivity (Wildman–Crippen MR) is 71.8 cm³/mol. The van der Waals surface area contributed by atoms with Crippen LogP contribution in [0, 0.1) is 5.92 Å². The summed E-state index contributed by atoms with van der Waals surface area (Å²) in [7, 11) is -1.36. The Morgan fingerprint density at radius 1 is 1.47 bits per heavy atom. The van der Waals surface area contributed by atoms with Gasteiger partial charge in [-0.15, -0.1) is 0 Å². The van der Waals surface area contributed by atoms with Crippen LogP contribution >= 0.6 is 15.9 Å². The molecule has 1 aromatic rings. The molecule has 0 amide bonds. The maximum absolute atomic E-state index is 12.2. The van der Waals surface area contributed by atoms with Crippen molar-refractivity contribution in [3.8, 4) is 0 Å². The van der Waals surface area contributed by atoms with Gasteiger partial charge in [0.05, 0.1) is 10.6 Å². The lowest BCUT2D eigenvalue weighted by molar-refractivity contribution is 0.527. The van der Waals surface area contributed by atoms with E-state index >= 15 is 0 Å². The summed E-state index contributed by atoms with van der Waals surface area (Å²) in [5.41, 5.74) is 0. The van der Waals surface area contributed by atoms with Gasteiger partial charge in [0.15, 0.2) is 9.84 Å².